The second-order valence-corrected chi connectivity index (χ2v) is 6.80. The van der Waals surface area contributed by atoms with Crippen molar-refractivity contribution in [1.29, 1.82) is 0 Å². The number of rotatable bonds is 5. The number of anilines is 1. The molecule has 1 unspecified atom stereocenters. The normalized spacial score (nSPS) is 16.4. The maximum atomic E-state index is 13.0. The Morgan fingerprint density at radius 1 is 1.11 bits per heavy atom. The number of thiocarbonyl (C=S) groups is 1. The highest BCUT2D eigenvalue weighted by atomic mass is 32.1. The molecule has 0 saturated carbocycles. The standard InChI is InChI=1S/C21H23N3O2S/c1-4-26-17-11-9-16(10-12-17)23-20(25)18-14(3)22-21(27)24-19(18)15-7-5-13(2)6-8-15/h5-12,19H,4H2,1-3H3,(H,23,25)(H2,22,24,27). The van der Waals surface area contributed by atoms with Crippen molar-refractivity contribution in [3.8, 4) is 5.75 Å². The van der Waals surface area contributed by atoms with Crippen LogP contribution in [-0.2, 0) is 4.79 Å². The highest BCUT2D eigenvalue weighted by molar-refractivity contribution is 7.80. The largest absolute Gasteiger partial charge is 0.494 e. The number of benzene rings is 2. The van der Waals surface area contributed by atoms with Gasteiger partial charge in [-0.3, -0.25) is 4.79 Å². The first-order valence-electron chi connectivity index (χ1n) is 8.87. The molecule has 0 aliphatic carbocycles. The molecule has 5 nitrogen and oxygen atoms in total. The fourth-order valence-electron chi connectivity index (χ4n) is 3.00. The van der Waals surface area contributed by atoms with Gasteiger partial charge in [-0.25, -0.2) is 0 Å². The molecule has 0 fully saturated rings. The Morgan fingerprint density at radius 3 is 2.41 bits per heavy atom. The van der Waals surface area contributed by atoms with Crippen molar-refractivity contribution in [3.05, 3.63) is 70.9 Å². The summed E-state index contributed by atoms with van der Waals surface area (Å²) in [5.74, 6) is 0.597. The van der Waals surface area contributed by atoms with E-state index in [2.05, 4.69) is 16.0 Å². The van der Waals surface area contributed by atoms with Gasteiger partial charge < -0.3 is 20.7 Å². The lowest BCUT2D eigenvalue weighted by Crippen LogP contribution is -2.45. The quantitative estimate of drug-likeness (QED) is 0.687. The van der Waals surface area contributed by atoms with E-state index in [1.54, 1.807) is 0 Å². The van der Waals surface area contributed by atoms with Crippen LogP contribution < -0.4 is 20.7 Å². The number of ether oxygens (including phenoxy) is 1. The SMILES string of the molecule is CCOc1ccc(NC(=O)C2=C(C)NC(=S)NC2c2ccc(C)cc2)cc1. The highest BCUT2D eigenvalue weighted by Gasteiger charge is 2.29. The van der Waals surface area contributed by atoms with Crippen LogP contribution in [0.3, 0.4) is 0 Å². The molecular formula is C21H23N3O2S. The lowest BCUT2D eigenvalue weighted by atomic mass is 9.94. The van der Waals surface area contributed by atoms with Gasteiger partial charge in [0.25, 0.3) is 5.91 Å². The third kappa shape index (κ3) is 4.46. The molecule has 2 aromatic carbocycles. The molecular weight excluding hydrogens is 358 g/mol. The van der Waals surface area contributed by atoms with Crippen molar-refractivity contribution in [1.82, 2.24) is 10.6 Å². The van der Waals surface area contributed by atoms with Crippen molar-refractivity contribution < 1.29 is 9.53 Å². The van der Waals surface area contributed by atoms with E-state index in [1.165, 1.54) is 0 Å². The van der Waals surface area contributed by atoms with Gasteiger partial charge in [0.15, 0.2) is 5.11 Å². The zero-order valence-electron chi connectivity index (χ0n) is 15.6. The Bertz CT molecular complexity index is 873. The predicted molar refractivity (Wildman–Crippen MR) is 112 cm³/mol. The molecule has 1 aliphatic heterocycles. The van der Waals surface area contributed by atoms with Crippen molar-refractivity contribution in [2.45, 2.75) is 26.8 Å². The summed E-state index contributed by atoms with van der Waals surface area (Å²) < 4.78 is 5.44. The Hall–Kier alpha value is -2.86. The average molecular weight is 382 g/mol. The third-order valence-electron chi connectivity index (χ3n) is 4.35. The number of hydrogen-bond donors (Lipinski definition) is 3. The number of nitrogens with one attached hydrogen (secondary N) is 3. The van der Waals surface area contributed by atoms with Crippen LogP contribution in [0.2, 0.25) is 0 Å². The molecule has 140 valence electrons. The van der Waals surface area contributed by atoms with Crippen LogP contribution in [0.4, 0.5) is 5.69 Å². The minimum atomic E-state index is -0.304. The average Bonchev–Trinajstić information content (AvgIpc) is 2.63. The molecule has 0 bridgehead atoms. The summed E-state index contributed by atoms with van der Waals surface area (Å²) in [4.78, 5) is 13.0. The molecule has 6 heteroatoms. The van der Waals surface area contributed by atoms with Crippen LogP contribution in [0, 0.1) is 6.92 Å². The first kappa shape index (κ1) is 18.9. The molecule has 1 aliphatic rings. The fourth-order valence-corrected chi connectivity index (χ4v) is 3.27. The molecule has 1 amide bonds. The van der Waals surface area contributed by atoms with E-state index in [-0.39, 0.29) is 11.9 Å². The lowest BCUT2D eigenvalue weighted by molar-refractivity contribution is -0.113. The van der Waals surface area contributed by atoms with Gasteiger partial charge in [-0.2, -0.15) is 0 Å². The maximum Gasteiger partial charge on any atom is 0.255 e. The van der Waals surface area contributed by atoms with Crippen molar-refractivity contribution in [2.75, 3.05) is 11.9 Å². The van der Waals surface area contributed by atoms with Gasteiger partial charge in [-0.1, -0.05) is 29.8 Å². The molecule has 3 rings (SSSR count). The summed E-state index contributed by atoms with van der Waals surface area (Å²) >= 11 is 5.29. The zero-order valence-corrected chi connectivity index (χ0v) is 16.4. The minimum Gasteiger partial charge on any atom is -0.494 e. The Morgan fingerprint density at radius 2 is 1.78 bits per heavy atom. The van der Waals surface area contributed by atoms with E-state index >= 15 is 0 Å². The summed E-state index contributed by atoms with van der Waals surface area (Å²) in [5.41, 5.74) is 4.21. The minimum absolute atomic E-state index is 0.176. The van der Waals surface area contributed by atoms with Gasteiger partial charge in [0.2, 0.25) is 0 Å². The summed E-state index contributed by atoms with van der Waals surface area (Å²) in [7, 11) is 0. The van der Waals surface area contributed by atoms with Crippen LogP contribution in [-0.4, -0.2) is 17.6 Å². The van der Waals surface area contributed by atoms with Crippen molar-refractivity contribution >= 4 is 28.9 Å². The van der Waals surface area contributed by atoms with Gasteiger partial charge in [-0.15, -0.1) is 0 Å². The summed E-state index contributed by atoms with van der Waals surface area (Å²) in [6.07, 6.45) is 0. The summed E-state index contributed by atoms with van der Waals surface area (Å²) in [5, 5.41) is 9.73. The number of aryl methyl sites for hydroxylation is 1. The van der Waals surface area contributed by atoms with Gasteiger partial charge in [0, 0.05) is 11.4 Å². The maximum absolute atomic E-state index is 13.0. The predicted octanol–water partition coefficient (Wildman–Crippen LogP) is 3.83. The number of hydrogen-bond acceptors (Lipinski definition) is 3. The second kappa shape index (κ2) is 8.22. The first-order valence-corrected chi connectivity index (χ1v) is 9.28. The van der Waals surface area contributed by atoms with Gasteiger partial charge in [0.05, 0.1) is 18.2 Å². The van der Waals surface area contributed by atoms with Gasteiger partial charge in [0.1, 0.15) is 5.75 Å². The second-order valence-electron chi connectivity index (χ2n) is 6.39. The molecule has 0 radical (unpaired) electrons. The molecule has 0 aromatic heterocycles. The van der Waals surface area contributed by atoms with Gasteiger partial charge in [-0.05, 0) is 62.8 Å². The Balaban J connectivity index is 1.86. The third-order valence-corrected chi connectivity index (χ3v) is 4.57. The van der Waals surface area contributed by atoms with E-state index in [1.807, 2.05) is 69.3 Å². The lowest BCUT2D eigenvalue weighted by Gasteiger charge is -2.30. The van der Waals surface area contributed by atoms with E-state index in [9.17, 15) is 4.79 Å². The van der Waals surface area contributed by atoms with E-state index in [0.29, 0.717) is 23.0 Å². The highest BCUT2D eigenvalue weighted by Crippen LogP contribution is 2.28. The van der Waals surface area contributed by atoms with Crippen LogP contribution >= 0.6 is 12.2 Å². The smallest absolute Gasteiger partial charge is 0.255 e. The molecule has 0 saturated heterocycles. The van der Waals surface area contributed by atoms with Crippen LogP contribution in [0.5, 0.6) is 5.75 Å². The fraction of sp³-hybridized carbons (Fsp3) is 0.238. The molecule has 0 spiro atoms. The van der Waals surface area contributed by atoms with Gasteiger partial charge >= 0.3 is 0 Å². The number of amides is 1. The van der Waals surface area contributed by atoms with E-state index in [0.717, 1.165) is 22.6 Å². The number of carbonyl (C=O) groups is 1. The molecule has 2 aromatic rings. The number of allylic oxidation sites excluding steroid dienone is 1. The van der Waals surface area contributed by atoms with Crippen LogP contribution in [0.25, 0.3) is 0 Å². The summed E-state index contributed by atoms with van der Waals surface area (Å²) in [6.45, 7) is 6.43. The Kier molecular flexibility index (Phi) is 5.76. The Labute approximate surface area is 164 Å². The van der Waals surface area contributed by atoms with Crippen molar-refractivity contribution in [2.24, 2.45) is 0 Å². The molecule has 27 heavy (non-hydrogen) atoms. The van der Waals surface area contributed by atoms with E-state index in [4.69, 9.17) is 17.0 Å². The molecule has 3 N–H and O–H groups in total. The zero-order chi connectivity index (χ0) is 19.4. The molecule has 1 atom stereocenters. The number of carbonyl (C=O) groups excluding carboxylic acids is 1. The first-order chi connectivity index (χ1) is 13.0. The van der Waals surface area contributed by atoms with Crippen LogP contribution in [0.1, 0.15) is 31.0 Å². The van der Waals surface area contributed by atoms with E-state index < -0.39 is 0 Å². The molecule has 1 heterocycles. The topological polar surface area (TPSA) is 62.4 Å². The van der Waals surface area contributed by atoms with Crippen LogP contribution in [0.15, 0.2) is 59.8 Å². The summed E-state index contributed by atoms with van der Waals surface area (Å²) in [6, 6.07) is 15.1. The monoisotopic (exact) mass is 381 g/mol. The van der Waals surface area contributed by atoms with Crippen molar-refractivity contribution in [3.63, 3.8) is 0 Å².